The fraction of sp³-hybridized carbons (Fsp3) is 0.583. The summed E-state index contributed by atoms with van der Waals surface area (Å²) in [6.45, 7) is 0.363. The number of nitrogens with one attached hydrogen (secondary N) is 2. The van der Waals surface area contributed by atoms with E-state index in [0.717, 1.165) is 5.69 Å². The van der Waals surface area contributed by atoms with Crippen LogP contribution in [0.25, 0.3) is 0 Å². The highest BCUT2D eigenvalue weighted by molar-refractivity contribution is 5.75. The first-order valence-electron chi connectivity index (χ1n) is 6.30. The van der Waals surface area contributed by atoms with Crippen LogP contribution in [0.2, 0.25) is 0 Å². The van der Waals surface area contributed by atoms with Gasteiger partial charge in [0.2, 0.25) is 0 Å². The van der Waals surface area contributed by atoms with Crippen LogP contribution in [-0.2, 0) is 18.4 Å². The summed E-state index contributed by atoms with van der Waals surface area (Å²) in [7, 11) is 1.81. The lowest BCUT2D eigenvalue weighted by molar-refractivity contribution is -0.141. The minimum absolute atomic E-state index is 0.0511. The third-order valence-corrected chi connectivity index (χ3v) is 3.32. The molecule has 0 bridgehead atoms. The van der Waals surface area contributed by atoms with Gasteiger partial charge in [0, 0.05) is 19.3 Å². The van der Waals surface area contributed by atoms with E-state index < -0.39 is 5.97 Å². The Balaban J connectivity index is 1.72. The number of hydrogen-bond donors (Lipinski definition) is 3. The zero-order valence-corrected chi connectivity index (χ0v) is 10.8. The van der Waals surface area contributed by atoms with E-state index in [9.17, 15) is 9.59 Å². The zero-order valence-electron chi connectivity index (χ0n) is 10.8. The summed E-state index contributed by atoms with van der Waals surface area (Å²) in [4.78, 5) is 22.5. The number of aromatic nitrogens is 2. The van der Waals surface area contributed by atoms with Crippen molar-refractivity contribution in [3.8, 4) is 0 Å². The van der Waals surface area contributed by atoms with Crippen molar-refractivity contribution in [3.63, 3.8) is 0 Å². The van der Waals surface area contributed by atoms with Crippen molar-refractivity contribution < 1.29 is 14.7 Å². The van der Waals surface area contributed by atoms with Crippen LogP contribution in [0.15, 0.2) is 12.3 Å². The highest BCUT2D eigenvalue weighted by Gasteiger charge is 2.30. The maximum absolute atomic E-state index is 11.7. The van der Waals surface area contributed by atoms with Gasteiger partial charge in [-0.1, -0.05) is 0 Å². The van der Waals surface area contributed by atoms with Crippen molar-refractivity contribution in [1.29, 1.82) is 0 Å². The number of rotatable bonds is 4. The van der Waals surface area contributed by atoms with Gasteiger partial charge in [0.15, 0.2) is 0 Å². The number of carboxylic acids is 1. The minimum Gasteiger partial charge on any atom is -0.481 e. The molecule has 0 unspecified atom stereocenters. The number of amides is 2. The lowest BCUT2D eigenvalue weighted by atomic mass is 10.1. The number of nitrogens with zero attached hydrogens (tertiary/aromatic N) is 2. The van der Waals surface area contributed by atoms with Crippen molar-refractivity contribution in [1.82, 2.24) is 20.4 Å². The Morgan fingerprint density at radius 3 is 2.89 bits per heavy atom. The molecular weight excluding hydrogens is 248 g/mol. The molecule has 2 rings (SSSR count). The Hall–Kier alpha value is -2.05. The van der Waals surface area contributed by atoms with Crippen LogP contribution >= 0.6 is 0 Å². The standard InChI is InChI=1S/C12H18N4O3/c1-16-5-4-10(15-16)7-13-12(19)14-9-3-2-8(6-9)11(17)18/h4-5,8-9H,2-3,6-7H2,1H3,(H,17,18)(H2,13,14,19)/t8-,9+/m1/s1. The molecule has 19 heavy (non-hydrogen) atoms. The lowest BCUT2D eigenvalue weighted by Gasteiger charge is -2.12. The summed E-state index contributed by atoms with van der Waals surface area (Å²) >= 11 is 0. The molecule has 0 radical (unpaired) electrons. The van der Waals surface area contributed by atoms with Gasteiger partial charge >= 0.3 is 12.0 Å². The largest absolute Gasteiger partial charge is 0.481 e. The highest BCUT2D eigenvalue weighted by atomic mass is 16.4. The van der Waals surface area contributed by atoms with Crippen LogP contribution in [0.5, 0.6) is 0 Å². The molecule has 0 aliphatic heterocycles. The second-order valence-corrected chi connectivity index (χ2v) is 4.85. The van der Waals surface area contributed by atoms with Crippen LogP contribution in [-0.4, -0.2) is 32.9 Å². The van der Waals surface area contributed by atoms with E-state index in [1.54, 1.807) is 4.68 Å². The molecule has 1 saturated carbocycles. The summed E-state index contributed by atoms with van der Waals surface area (Å²) in [6, 6.07) is 1.50. The molecule has 1 heterocycles. The number of carboxylic acid groups (broad SMARTS) is 1. The summed E-state index contributed by atoms with van der Waals surface area (Å²) in [6.07, 6.45) is 3.66. The van der Waals surface area contributed by atoms with Gasteiger partial charge in [0.25, 0.3) is 0 Å². The van der Waals surface area contributed by atoms with Crippen molar-refractivity contribution in [3.05, 3.63) is 18.0 Å². The van der Waals surface area contributed by atoms with Gasteiger partial charge in [0.05, 0.1) is 18.2 Å². The molecule has 1 aromatic rings. The van der Waals surface area contributed by atoms with Gasteiger partial charge in [-0.25, -0.2) is 4.79 Å². The zero-order chi connectivity index (χ0) is 13.8. The first-order valence-corrected chi connectivity index (χ1v) is 6.30. The Kier molecular flexibility index (Phi) is 4.03. The third kappa shape index (κ3) is 3.70. The van der Waals surface area contributed by atoms with Crippen molar-refractivity contribution in [2.75, 3.05) is 0 Å². The second-order valence-electron chi connectivity index (χ2n) is 4.85. The van der Waals surface area contributed by atoms with Crippen LogP contribution in [0.3, 0.4) is 0 Å². The molecule has 0 spiro atoms. The Bertz CT molecular complexity index is 471. The number of aliphatic carboxylic acids is 1. The fourth-order valence-corrected chi connectivity index (χ4v) is 2.30. The molecule has 2 atom stereocenters. The second kappa shape index (κ2) is 5.73. The predicted octanol–water partition coefficient (Wildman–Crippen LogP) is 0.473. The average Bonchev–Trinajstić information content (AvgIpc) is 2.96. The minimum atomic E-state index is -0.779. The van der Waals surface area contributed by atoms with Gasteiger partial charge in [-0.05, 0) is 25.3 Å². The maximum Gasteiger partial charge on any atom is 0.315 e. The van der Waals surface area contributed by atoms with Crippen molar-refractivity contribution >= 4 is 12.0 Å². The summed E-state index contributed by atoms with van der Waals surface area (Å²) in [5.74, 6) is -1.11. The third-order valence-electron chi connectivity index (χ3n) is 3.32. The first-order chi connectivity index (χ1) is 9.04. The van der Waals surface area contributed by atoms with Crippen LogP contribution < -0.4 is 10.6 Å². The molecule has 1 aromatic heterocycles. The van der Waals surface area contributed by atoms with Crippen molar-refractivity contribution in [2.24, 2.45) is 13.0 Å². The molecule has 104 valence electrons. The maximum atomic E-state index is 11.7. The SMILES string of the molecule is Cn1ccc(CNC(=O)N[C@H]2CC[C@@H](C(=O)O)C2)n1. The normalized spacial score (nSPS) is 22.2. The van der Waals surface area contributed by atoms with E-state index in [-0.39, 0.29) is 18.0 Å². The Labute approximate surface area is 111 Å². The van der Waals surface area contributed by atoms with Crippen LogP contribution in [0.4, 0.5) is 4.79 Å². The Morgan fingerprint density at radius 2 is 2.32 bits per heavy atom. The number of hydrogen-bond acceptors (Lipinski definition) is 3. The van der Waals surface area contributed by atoms with E-state index in [1.165, 1.54) is 0 Å². The molecule has 1 fully saturated rings. The number of carbonyl (C=O) groups is 2. The van der Waals surface area contributed by atoms with Gasteiger partial charge in [-0.15, -0.1) is 0 Å². The van der Waals surface area contributed by atoms with E-state index in [2.05, 4.69) is 15.7 Å². The predicted molar refractivity (Wildman–Crippen MR) is 67.3 cm³/mol. The lowest BCUT2D eigenvalue weighted by Crippen LogP contribution is -2.40. The molecule has 0 aromatic carbocycles. The monoisotopic (exact) mass is 266 g/mol. The molecule has 7 heteroatoms. The topological polar surface area (TPSA) is 96.2 Å². The molecule has 1 aliphatic rings. The molecule has 0 saturated heterocycles. The Morgan fingerprint density at radius 1 is 1.53 bits per heavy atom. The van der Waals surface area contributed by atoms with E-state index in [0.29, 0.717) is 25.8 Å². The quantitative estimate of drug-likeness (QED) is 0.738. The summed E-state index contributed by atoms with van der Waals surface area (Å²) in [5, 5.41) is 18.5. The summed E-state index contributed by atoms with van der Waals surface area (Å²) < 4.78 is 1.67. The van der Waals surface area contributed by atoms with Crippen LogP contribution in [0, 0.1) is 5.92 Å². The average molecular weight is 266 g/mol. The molecule has 3 N–H and O–H groups in total. The molecular formula is C12H18N4O3. The number of aryl methyl sites for hydroxylation is 1. The smallest absolute Gasteiger partial charge is 0.315 e. The van der Waals surface area contributed by atoms with E-state index in [1.807, 2.05) is 19.3 Å². The fourth-order valence-electron chi connectivity index (χ4n) is 2.30. The first kappa shape index (κ1) is 13.4. The van der Waals surface area contributed by atoms with Crippen molar-refractivity contribution in [2.45, 2.75) is 31.8 Å². The van der Waals surface area contributed by atoms with Gasteiger partial charge in [-0.2, -0.15) is 5.10 Å². The van der Waals surface area contributed by atoms with Gasteiger partial charge in [-0.3, -0.25) is 9.48 Å². The van der Waals surface area contributed by atoms with E-state index >= 15 is 0 Å². The molecule has 1 aliphatic carbocycles. The van der Waals surface area contributed by atoms with Gasteiger partial charge in [0.1, 0.15) is 0 Å². The van der Waals surface area contributed by atoms with E-state index in [4.69, 9.17) is 5.11 Å². The highest BCUT2D eigenvalue weighted by Crippen LogP contribution is 2.25. The molecule has 7 nitrogen and oxygen atoms in total. The number of urea groups is 1. The van der Waals surface area contributed by atoms with Crippen LogP contribution in [0.1, 0.15) is 25.0 Å². The summed E-state index contributed by atoms with van der Waals surface area (Å²) in [5.41, 5.74) is 0.785. The molecule has 2 amide bonds. The van der Waals surface area contributed by atoms with Gasteiger partial charge < -0.3 is 15.7 Å². The number of carbonyl (C=O) groups excluding carboxylic acids is 1.